The van der Waals surface area contributed by atoms with Crippen molar-refractivity contribution in [3.8, 4) is 5.75 Å². The maximum atomic E-state index is 12.0. The second-order valence-electron chi connectivity index (χ2n) is 4.06. The summed E-state index contributed by atoms with van der Waals surface area (Å²) in [6.07, 6.45) is -4.69. The highest BCUT2D eigenvalue weighted by Crippen LogP contribution is 2.25. The first-order chi connectivity index (χ1) is 9.46. The van der Waals surface area contributed by atoms with E-state index in [0.717, 1.165) is 11.3 Å². The average molecular weight is 283 g/mol. The Labute approximate surface area is 113 Å². The molecule has 2 rings (SSSR count). The molecule has 0 heterocycles. The number of halogens is 3. The van der Waals surface area contributed by atoms with Crippen molar-refractivity contribution in [3.05, 3.63) is 54.1 Å². The van der Waals surface area contributed by atoms with Gasteiger partial charge in [-0.25, -0.2) is 0 Å². The van der Waals surface area contributed by atoms with Gasteiger partial charge in [-0.2, -0.15) is 0 Å². The van der Waals surface area contributed by atoms with Crippen molar-refractivity contribution < 1.29 is 23.0 Å². The molecule has 0 saturated heterocycles. The van der Waals surface area contributed by atoms with Crippen molar-refractivity contribution in [2.75, 3.05) is 5.32 Å². The van der Waals surface area contributed by atoms with Crippen LogP contribution in [0.1, 0.15) is 5.56 Å². The van der Waals surface area contributed by atoms with Gasteiger partial charge in [-0.05, 0) is 42.0 Å². The fourth-order valence-electron chi connectivity index (χ4n) is 1.65. The Balaban J connectivity index is 2.06. The number of rotatable bonds is 4. The summed E-state index contributed by atoms with van der Waals surface area (Å²) < 4.78 is 39.8. The third-order valence-corrected chi connectivity index (χ3v) is 2.49. The molecule has 0 radical (unpaired) electrons. The van der Waals surface area contributed by atoms with Gasteiger partial charge in [0.15, 0.2) is 0 Å². The van der Waals surface area contributed by atoms with E-state index in [2.05, 4.69) is 10.1 Å². The molecule has 0 aliphatic heterocycles. The molecule has 0 saturated carbocycles. The van der Waals surface area contributed by atoms with Crippen molar-refractivity contribution in [2.45, 2.75) is 13.0 Å². The quantitative estimate of drug-likeness (QED) is 0.896. The van der Waals surface area contributed by atoms with Gasteiger partial charge in [-0.3, -0.25) is 0 Å². The van der Waals surface area contributed by atoms with Gasteiger partial charge in [0.2, 0.25) is 0 Å². The molecule has 3 nitrogen and oxygen atoms in total. The van der Waals surface area contributed by atoms with Crippen LogP contribution in [0.15, 0.2) is 48.5 Å². The summed E-state index contributed by atoms with van der Waals surface area (Å²) in [4.78, 5) is 0. The van der Waals surface area contributed by atoms with Crippen molar-refractivity contribution >= 4 is 11.4 Å². The van der Waals surface area contributed by atoms with Crippen LogP contribution in [0.3, 0.4) is 0 Å². The summed E-state index contributed by atoms with van der Waals surface area (Å²) in [7, 11) is 0. The van der Waals surface area contributed by atoms with Gasteiger partial charge in [0.1, 0.15) is 5.75 Å². The topological polar surface area (TPSA) is 41.5 Å². The molecule has 2 aromatic carbocycles. The number of hydrogen-bond donors (Lipinski definition) is 2. The smallest absolute Gasteiger partial charge is 0.406 e. The highest BCUT2D eigenvalue weighted by molar-refractivity contribution is 5.60. The highest BCUT2D eigenvalue weighted by Gasteiger charge is 2.30. The van der Waals surface area contributed by atoms with E-state index in [9.17, 15) is 13.2 Å². The molecular formula is C14H12F3NO2. The lowest BCUT2D eigenvalue weighted by Gasteiger charge is -2.11. The average Bonchev–Trinajstić information content (AvgIpc) is 2.40. The second kappa shape index (κ2) is 5.83. The van der Waals surface area contributed by atoms with E-state index in [1.165, 1.54) is 24.3 Å². The van der Waals surface area contributed by atoms with Crippen molar-refractivity contribution in [1.82, 2.24) is 0 Å². The lowest BCUT2D eigenvalue weighted by atomic mass is 10.2. The van der Waals surface area contributed by atoms with Gasteiger partial charge >= 0.3 is 6.36 Å². The number of aliphatic hydroxyl groups is 1. The van der Waals surface area contributed by atoms with Crippen molar-refractivity contribution in [3.63, 3.8) is 0 Å². The van der Waals surface area contributed by atoms with Crippen LogP contribution in [-0.2, 0) is 6.61 Å². The number of anilines is 2. The zero-order chi connectivity index (χ0) is 14.6. The molecule has 2 aromatic rings. The van der Waals surface area contributed by atoms with E-state index in [-0.39, 0.29) is 12.4 Å². The van der Waals surface area contributed by atoms with Gasteiger partial charge in [0, 0.05) is 11.4 Å². The standard InChI is InChI=1S/C14H12F3NO2/c15-14(16,17)20-13-6-4-11(5-7-13)18-12-3-1-2-10(8-12)9-19/h1-8,18-19H,9H2. The van der Waals surface area contributed by atoms with E-state index >= 15 is 0 Å². The molecule has 0 aliphatic carbocycles. The molecule has 0 atom stereocenters. The number of hydrogen-bond acceptors (Lipinski definition) is 3. The Kier molecular flexibility index (Phi) is 4.14. The number of nitrogens with one attached hydrogen (secondary N) is 1. The molecular weight excluding hydrogens is 271 g/mol. The number of alkyl halides is 3. The largest absolute Gasteiger partial charge is 0.573 e. The minimum absolute atomic E-state index is 0.0755. The third kappa shape index (κ3) is 4.17. The Morgan fingerprint density at radius 2 is 1.70 bits per heavy atom. The predicted molar refractivity (Wildman–Crippen MR) is 68.8 cm³/mol. The van der Waals surface area contributed by atoms with Gasteiger partial charge in [-0.1, -0.05) is 12.1 Å². The summed E-state index contributed by atoms with van der Waals surface area (Å²) in [6, 6.07) is 12.5. The van der Waals surface area contributed by atoms with Gasteiger partial charge < -0.3 is 15.2 Å². The molecule has 6 heteroatoms. The maximum Gasteiger partial charge on any atom is 0.573 e. The molecule has 20 heavy (non-hydrogen) atoms. The summed E-state index contributed by atoms with van der Waals surface area (Å²) >= 11 is 0. The Bertz CT molecular complexity index is 567. The molecule has 0 bridgehead atoms. The fourth-order valence-corrected chi connectivity index (χ4v) is 1.65. The van der Waals surface area contributed by atoms with E-state index < -0.39 is 6.36 Å². The maximum absolute atomic E-state index is 12.0. The molecule has 0 unspecified atom stereocenters. The van der Waals surface area contributed by atoms with Crippen LogP contribution in [0.4, 0.5) is 24.5 Å². The SMILES string of the molecule is OCc1cccc(Nc2ccc(OC(F)(F)F)cc2)c1. The highest BCUT2D eigenvalue weighted by atomic mass is 19.4. The fraction of sp³-hybridized carbons (Fsp3) is 0.143. The Morgan fingerprint density at radius 3 is 2.30 bits per heavy atom. The first kappa shape index (κ1) is 14.2. The zero-order valence-electron chi connectivity index (χ0n) is 10.3. The number of aliphatic hydroxyl groups excluding tert-OH is 1. The summed E-state index contributed by atoms with van der Waals surface area (Å²) in [5, 5.41) is 12.0. The molecule has 106 valence electrons. The lowest BCUT2D eigenvalue weighted by Crippen LogP contribution is -2.16. The Hall–Kier alpha value is -2.21. The van der Waals surface area contributed by atoms with Crippen molar-refractivity contribution in [1.29, 1.82) is 0 Å². The lowest BCUT2D eigenvalue weighted by molar-refractivity contribution is -0.274. The van der Waals surface area contributed by atoms with Crippen molar-refractivity contribution in [2.24, 2.45) is 0 Å². The Morgan fingerprint density at radius 1 is 1.00 bits per heavy atom. The predicted octanol–water partition coefficient (Wildman–Crippen LogP) is 3.82. The first-order valence-electron chi connectivity index (χ1n) is 5.79. The molecule has 0 spiro atoms. The van der Waals surface area contributed by atoms with Crippen LogP contribution < -0.4 is 10.1 Å². The molecule has 0 aliphatic rings. The number of ether oxygens (including phenoxy) is 1. The van der Waals surface area contributed by atoms with Gasteiger partial charge in [0.05, 0.1) is 6.61 Å². The van der Waals surface area contributed by atoms with Crippen LogP contribution in [0.5, 0.6) is 5.75 Å². The van der Waals surface area contributed by atoms with E-state index in [0.29, 0.717) is 5.69 Å². The van der Waals surface area contributed by atoms with Crippen LogP contribution in [0.25, 0.3) is 0 Å². The molecule has 0 amide bonds. The first-order valence-corrected chi connectivity index (χ1v) is 5.79. The second-order valence-corrected chi connectivity index (χ2v) is 4.06. The summed E-state index contributed by atoms with van der Waals surface area (Å²) in [6.45, 7) is -0.0755. The van der Waals surface area contributed by atoms with Crippen LogP contribution in [-0.4, -0.2) is 11.5 Å². The molecule has 2 N–H and O–H groups in total. The zero-order valence-corrected chi connectivity index (χ0v) is 10.3. The van der Waals surface area contributed by atoms with Crippen LogP contribution in [0, 0.1) is 0 Å². The van der Waals surface area contributed by atoms with E-state index in [1.54, 1.807) is 24.3 Å². The monoisotopic (exact) mass is 283 g/mol. The van der Waals surface area contributed by atoms with E-state index in [4.69, 9.17) is 5.11 Å². The third-order valence-electron chi connectivity index (χ3n) is 2.49. The minimum atomic E-state index is -4.69. The van der Waals surface area contributed by atoms with E-state index in [1.807, 2.05) is 0 Å². The minimum Gasteiger partial charge on any atom is -0.406 e. The summed E-state index contributed by atoms with van der Waals surface area (Å²) in [5.41, 5.74) is 2.10. The van der Waals surface area contributed by atoms with Gasteiger partial charge in [0.25, 0.3) is 0 Å². The normalized spacial score (nSPS) is 11.2. The van der Waals surface area contributed by atoms with Crippen LogP contribution in [0.2, 0.25) is 0 Å². The molecule has 0 aromatic heterocycles. The summed E-state index contributed by atoms with van der Waals surface area (Å²) in [5.74, 6) is -0.271. The van der Waals surface area contributed by atoms with Gasteiger partial charge in [-0.15, -0.1) is 13.2 Å². The molecule has 0 fully saturated rings. The van der Waals surface area contributed by atoms with Crippen LogP contribution >= 0.6 is 0 Å². The number of benzene rings is 2.